The number of nitrogens with zero attached hydrogens (tertiary/aromatic N) is 1. The van der Waals surface area contributed by atoms with Gasteiger partial charge in [0.1, 0.15) is 0 Å². The van der Waals surface area contributed by atoms with Crippen LogP contribution in [0.5, 0.6) is 0 Å². The van der Waals surface area contributed by atoms with Gasteiger partial charge in [0, 0.05) is 12.2 Å². The molecule has 0 unspecified atom stereocenters. The predicted octanol–water partition coefficient (Wildman–Crippen LogP) is 2.98. The summed E-state index contributed by atoms with van der Waals surface area (Å²) in [5.41, 5.74) is 6.84. The smallest absolute Gasteiger partial charge is 0.238 e. The van der Waals surface area contributed by atoms with Crippen LogP contribution in [-0.2, 0) is 4.79 Å². The molecule has 3 N–H and O–H groups in total. The summed E-state index contributed by atoms with van der Waals surface area (Å²) in [4.78, 5) is 14.2. The lowest BCUT2D eigenvalue weighted by Crippen LogP contribution is -2.38. The number of hydrogen-bond donors (Lipinski definition) is 2. The summed E-state index contributed by atoms with van der Waals surface area (Å²) in [6.45, 7) is 4.40. The molecule has 0 radical (unpaired) electrons. The van der Waals surface area contributed by atoms with E-state index in [4.69, 9.17) is 17.3 Å². The zero-order valence-electron chi connectivity index (χ0n) is 11.9. The Hall–Kier alpha value is -1.26. The topological polar surface area (TPSA) is 58.4 Å². The summed E-state index contributed by atoms with van der Waals surface area (Å²) in [7, 11) is 0. The van der Waals surface area contributed by atoms with E-state index >= 15 is 0 Å². The summed E-state index contributed by atoms with van der Waals surface area (Å²) in [6.07, 6.45) is 3.92. The number of nitrogens with two attached hydrogens (primary N) is 1. The number of carbonyl (C=O) groups excluding carboxylic acids is 1. The molecule has 20 heavy (non-hydrogen) atoms. The molecule has 1 aliphatic rings. The van der Waals surface area contributed by atoms with Crippen LogP contribution in [0.4, 0.5) is 11.4 Å². The first kappa shape index (κ1) is 15.1. The lowest BCUT2D eigenvalue weighted by molar-refractivity contribution is -0.117. The first-order chi connectivity index (χ1) is 9.58. The molecule has 0 bridgehead atoms. The Morgan fingerprint density at radius 1 is 1.50 bits per heavy atom. The summed E-state index contributed by atoms with van der Waals surface area (Å²) in [5, 5.41) is 3.32. The molecule has 0 spiro atoms. The van der Waals surface area contributed by atoms with E-state index in [9.17, 15) is 4.79 Å². The van der Waals surface area contributed by atoms with E-state index < -0.39 is 0 Å². The maximum atomic E-state index is 12.1. The monoisotopic (exact) mass is 295 g/mol. The van der Waals surface area contributed by atoms with Gasteiger partial charge in [0.15, 0.2) is 0 Å². The summed E-state index contributed by atoms with van der Waals surface area (Å²) in [6, 6.07) is 5.11. The van der Waals surface area contributed by atoms with Crippen molar-refractivity contribution in [3.63, 3.8) is 0 Å². The van der Waals surface area contributed by atoms with E-state index in [0.29, 0.717) is 22.9 Å². The van der Waals surface area contributed by atoms with Crippen LogP contribution in [-0.4, -0.2) is 30.4 Å². The standard InChI is InChI=1S/C15H22ClN3O/c1-2-19(9-11-4-3-5-11)10-15(20)18-14-7-6-12(17)8-13(14)16/h6-8,11H,2-5,9-10,17H2,1H3,(H,18,20). The van der Waals surface area contributed by atoms with Crippen LogP contribution in [0.25, 0.3) is 0 Å². The second kappa shape index (κ2) is 6.95. The zero-order valence-corrected chi connectivity index (χ0v) is 12.6. The highest BCUT2D eigenvalue weighted by Crippen LogP contribution is 2.27. The van der Waals surface area contributed by atoms with Crippen LogP contribution < -0.4 is 11.1 Å². The van der Waals surface area contributed by atoms with Crippen LogP contribution in [0.15, 0.2) is 18.2 Å². The number of anilines is 2. The fourth-order valence-electron chi connectivity index (χ4n) is 2.37. The number of nitrogens with one attached hydrogen (secondary N) is 1. The number of nitrogen functional groups attached to an aromatic ring is 1. The van der Waals surface area contributed by atoms with Crippen LogP contribution in [0, 0.1) is 5.92 Å². The first-order valence-electron chi connectivity index (χ1n) is 7.15. The highest BCUT2D eigenvalue weighted by Gasteiger charge is 2.21. The van der Waals surface area contributed by atoms with Crippen LogP contribution in [0.2, 0.25) is 5.02 Å². The zero-order chi connectivity index (χ0) is 14.5. The Morgan fingerprint density at radius 3 is 2.80 bits per heavy atom. The third-order valence-electron chi connectivity index (χ3n) is 3.82. The SMILES string of the molecule is CCN(CC(=O)Nc1ccc(N)cc1Cl)CC1CCC1. The lowest BCUT2D eigenvalue weighted by Gasteiger charge is -2.31. The van der Waals surface area contributed by atoms with E-state index in [2.05, 4.69) is 17.1 Å². The maximum Gasteiger partial charge on any atom is 0.238 e. The van der Waals surface area contributed by atoms with Gasteiger partial charge in [0.05, 0.1) is 17.3 Å². The van der Waals surface area contributed by atoms with Gasteiger partial charge in [-0.25, -0.2) is 0 Å². The van der Waals surface area contributed by atoms with Crippen molar-refractivity contribution in [2.75, 3.05) is 30.7 Å². The molecule has 0 aromatic heterocycles. The van der Waals surface area contributed by atoms with Crippen molar-refractivity contribution in [3.05, 3.63) is 23.2 Å². The highest BCUT2D eigenvalue weighted by atomic mass is 35.5. The fraction of sp³-hybridized carbons (Fsp3) is 0.533. The number of hydrogen-bond acceptors (Lipinski definition) is 3. The second-order valence-electron chi connectivity index (χ2n) is 5.41. The Bertz CT molecular complexity index is 474. The van der Waals surface area contributed by atoms with E-state index in [1.165, 1.54) is 19.3 Å². The van der Waals surface area contributed by atoms with Crippen molar-refractivity contribution in [2.24, 2.45) is 5.92 Å². The molecule has 4 nitrogen and oxygen atoms in total. The molecule has 0 atom stereocenters. The number of likely N-dealkylation sites (N-methyl/N-ethyl adjacent to an activating group) is 1. The number of carbonyl (C=O) groups is 1. The van der Waals surface area contributed by atoms with Gasteiger partial charge < -0.3 is 11.1 Å². The highest BCUT2D eigenvalue weighted by molar-refractivity contribution is 6.34. The van der Waals surface area contributed by atoms with Crippen molar-refractivity contribution in [1.29, 1.82) is 0 Å². The molecule has 1 aromatic carbocycles. The third kappa shape index (κ3) is 4.12. The molecular weight excluding hydrogens is 274 g/mol. The van der Waals surface area contributed by atoms with Crippen LogP contribution in [0.1, 0.15) is 26.2 Å². The van der Waals surface area contributed by atoms with E-state index in [1.54, 1.807) is 18.2 Å². The molecule has 0 saturated heterocycles. The third-order valence-corrected chi connectivity index (χ3v) is 4.14. The van der Waals surface area contributed by atoms with Gasteiger partial charge in [-0.2, -0.15) is 0 Å². The van der Waals surface area contributed by atoms with Crippen LogP contribution in [0.3, 0.4) is 0 Å². The van der Waals surface area contributed by atoms with Gasteiger partial charge in [-0.1, -0.05) is 24.9 Å². The molecule has 1 saturated carbocycles. The van der Waals surface area contributed by atoms with Crippen molar-refractivity contribution in [3.8, 4) is 0 Å². The van der Waals surface area contributed by atoms with Gasteiger partial charge in [0.2, 0.25) is 5.91 Å². The molecule has 1 aliphatic carbocycles. The summed E-state index contributed by atoms with van der Waals surface area (Å²) >= 11 is 6.05. The molecule has 0 aliphatic heterocycles. The molecular formula is C15H22ClN3O. The number of halogens is 1. The summed E-state index contributed by atoms with van der Waals surface area (Å²) in [5.74, 6) is 0.737. The normalized spacial score (nSPS) is 15.2. The van der Waals surface area contributed by atoms with Crippen molar-refractivity contribution < 1.29 is 4.79 Å². The van der Waals surface area contributed by atoms with E-state index in [-0.39, 0.29) is 5.91 Å². The molecule has 0 heterocycles. The minimum absolute atomic E-state index is 0.0298. The van der Waals surface area contributed by atoms with Crippen molar-refractivity contribution >= 4 is 28.9 Å². The molecule has 5 heteroatoms. The molecule has 1 fully saturated rings. The van der Waals surface area contributed by atoms with Crippen LogP contribution >= 0.6 is 11.6 Å². The minimum Gasteiger partial charge on any atom is -0.399 e. The average molecular weight is 296 g/mol. The Labute approximate surface area is 125 Å². The predicted molar refractivity (Wildman–Crippen MR) is 83.9 cm³/mol. The lowest BCUT2D eigenvalue weighted by atomic mass is 9.85. The summed E-state index contributed by atoms with van der Waals surface area (Å²) < 4.78 is 0. The van der Waals surface area contributed by atoms with Crippen molar-refractivity contribution in [2.45, 2.75) is 26.2 Å². The van der Waals surface area contributed by atoms with Gasteiger partial charge in [0.25, 0.3) is 0 Å². The fourth-order valence-corrected chi connectivity index (χ4v) is 2.61. The minimum atomic E-state index is -0.0298. The molecule has 2 rings (SSSR count). The largest absolute Gasteiger partial charge is 0.399 e. The van der Waals surface area contributed by atoms with Gasteiger partial charge in [-0.15, -0.1) is 0 Å². The maximum absolute atomic E-state index is 12.1. The Kier molecular flexibility index (Phi) is 5.26. The van der Waals surface area contributed by atoms with Crippen molar-refractivity contribution in [1.82, 2.24) is 4.90 Å². The molecule has 110 valence electrons. The number of benzene rings is 1. The molecule has 1 aromatic rings. The molecule has 1 amide bonds. The van der Waals surface area contributed by atoms with Gasteiger partial charge >= 0.3 is 0 Å². The number of rotatable bonds is 6. The van der Waals surface area contributed by atoms with Gasteiger partial charge in [-0.05, 0) is 43.5 Å². The Balaban J connectivity index is 1.86. The van der Waals surface area contributed by atoms with E-state index in [0.717, 1.165) is 19.0 Å². The van der Waals surface area contributed by atoms with Gasteiger partial charge in [-0.3, -0.25) is 9.69 Å². The average Bonchev–Trinajstić information content (AvgIpc) is 2.35. The second-order valence-corrected chi connectivity index (χ2v) is 5.82. The Morgan fingerprint density at radius 2 is 2.25 bits per heavy atom. The van der Waals surface area contributed by atoms with E-state index in [1.807, 2.05) is 0 Å². The quantitative estimate of drug-likeness (QED) is 0.793. The first-order valence-corrected chi connectivity index (χ1v) is 7.53. The number of amides is 1.